The van der Waals surface area contributed by atoms with Gasteiger partial charge in [-0.1, -0.05) is 13.8 Å². The van der Waals surface area contributed by atoms with Crippen LogP contribution in [0.4, 0.5) is 0 Å². The van der Waals surface area contributed by atoms with Crippen LogP contribution in [0.25, 0.3) is 0 Å². The lowest BCUT2D eigenvalue weighted by atomic mass is 9.92. The fourth-order valence-electron chi connectivity index (χ4n) is 2.22. The Morgan fingerprint density at radius 1 is 1.44 bits per heavy atom. The van der Waals surface area contributed by atoms with E-state index in [-0.39, 0.29) is 11.6 Å². The zero-order valence-electron chi connectivity index (χ0n) is 11.2. The van der Waals surface area contributed by atoms with Gasteiger partial charge in [-0.2, -0.15) is 0 Å². The van der Waals surface area contributed by atoms with E-state index >= 15 is 0 Å². The van der Waals surface area contributed by atoms with Crippen LogP contribution in [-0.4, -0.2) is 24.2 Å². The minimum atomic E-state index is -0.381. The van der Waals surface area contributed by atoms with E-state index in [4.69, 9.17) is 4.74 Å². The lowest BCUT2D eigenvalue weighted by Crippen LogP contribution is -2.36. The summed E-state index contributed by atoms with van der Waals surface area (Å²) in [5.41, 5.74) is 0.0410. The van der Waals surface area contributed by atoms with Gasteiger partial charge in [0.1, 0.15) is 5.60 Å². The molecule has 0 spiro atoms. The molecule has 0 bridgehead atoms. The van der Waals surface area contributed by atoms with Crippen molar-refractivity contribution >= 4 is 5.97 Å². The largest absolute Gasteiger partial charge is 0.459 e. The number of carbonyl (C=O) groups excluding carboxylic acids is 1. The average Bonchev–Trinajstić information content (AvgIpc) is 2.39. The zero-order chi connectivity index (χ0) is 12.4. The molecular formula is C13H25NO2. The lowest BCUT2D eigenvalue weighted by molar-refractivity contribution is -0.153. The van der Waals surface area contributed by atoms with Crippen LogP contribution in [0, 0.1) is 5.41 Å². The van der Waals surface area contributed by atoms with Crippen molar-refractivity contribution in [3.63, 3.8) is 0 Å². The fraction of sp³-hybridized carbons (Fsp3) is 0.923. The van der Waals surface area contributed by atoms with Gasteiger partial charge in [0.25, 0.3) is 0 Å². The van der Waals surface area contributed by atoms with Crippen LogP contribution in [0.3, 0.4) is 0 Å². The molecule has 1 fully saturated rings. The van der Waals surface area contributed by atoms with Gasteiger partial charge in [-0.05, 0) is 45.4 Å². The Kier molecular flexibility index (Phi) is 4.00. The Balaban J connectivity index is 2.23. The van der Waals surface area contributed by atoms with Crippen molar-refractivity contribution < 1.29 is 9.53 Å². The molecule has 0 aliphatic heterocycles. The van der Waals surface area contributed by atoms with Crippen molar-refractivity contribution in [3.8, 4) is 0 Å². The van der Waals surface area contributed by atoms with Crippen LogP contribution in [-0.2, 0) is 9.53 Å². The number of esters is 1. The number of rotatable bonds is 3. The van der Waals surface area contributed by atoms with E-state index in [2.05, 4.69) is 19.2 Å². The molecule has 0 aromatic rings. The third-order valence-corrected chi connectivity index (χ3v) is 2.92. The molecule has 3 nitrogen and oxygen atoms in total. The predicted molar refractivity (Wildman–Crippen MR) is 65.3 cm³/mol. The Labute approximate surface area is 98.9 Å². The summed E-state index contributed by atoms with van der Waals surface area (Å²) in [6.45, 7) is 10.6. The number of ether oxygens (including phenoxy) is 1. The van der Waals surface area contributed by atoms with Crippen LogP contribution in [0.5, 0.6) is 0 Å². The summed E-state index contributed by atoms with van der Waals surface area (Å²) in [6.07, 6.45) is 3.55. The van der Waals surface area contributed by atoms with E-state index in [9.17, 15) is 4.79 Å². The molecule has 0 radical (unpaired) electrons. The molecule has 1 rings (SSSR count). The number of hydrogen-bond acceptors (Lipinski definition) is 3. The number of nitrogens with one attached hydrogen (secondary N) is 1. The quantitative estimate of drug-likeness (QED) is 0.753. The van der Waals surface area contributed by atoms with E-state index in [0.29, 0.717) is 18.0 Å². The van der Waals surface area contributed by atoms with E-state index < -0.39 is 0 Å². The normalized spacial score (nSPS) is 24.4. The summed E-state index contributed by atoms with van der Waals surface area (Å²) in [4.78, 5) is 11.5. The van der Waals surface area contributed by atoms with E-state index in [1.807, 2.05) is 20.8 Å². The minimum absolute atomic E-state index is 0.155. The molecule has 0 saturated heterocycles. The summed E-state index contributed by atoms with van der Waals surface area (Å²) < 4.78 is 5.25. The van der Waals surface area contributed by atoms with Gasteiger partial charge in [-0.25, -0.2) is 0 Å². The van der Waals surface area contributed by atoms with Crippen LogP contribution < -0.4 is 5.32 Å². The van der Waals surface area contributed by atoms with Gasteiger partial charge in [-0.3, -0.25) is 4.79 Å². The van der Waals surface area contributed by atoms with Crippen molar-refractivity contribution in [1.29, 1.82) is 0 Å². The highest BCUT2D eigenvalue weighted by Gasteiger charge is 2.31. The maximum Gasteiger partial charge on any atom is 0.320 e. The summed E-state index contributed by atoms with van der Waals surface area (Å²) in [6, 6.07) is 0.475. The first kappa shape index (κ1) is 13.5. The van der Waals surface area contributed by atoms with Gasteiger partial charge in [0.2, 0.25) is 0 Å². The molecule has 94 valence electrons. The fourth-order valence-corrected chi connectivity index (χ4v) is 2.22. The van der Waals surface area contributed by atoms with Crippen LogP contribution in [0.2, 0.25) is 0 Å². The van der Waals surface area contributed by atoms with Gasteiger partial charge >= 0.3 is 5.97 Å². The standard InChI is InChI=1S/C13H25NO2/c1-12(2,3)16-11(15)9-14-10-6-7-13(4,5)8-10/h10,14H,6-9H2,1-5H3. The van der Waals surface area contributed by atoms with Gasteiger partial charge in [0.05, 0.1) is 6.54 Å². The molecule has 16 heavy (non-hydrogen) atoms. The van der Waals surface area contributed by atoms with Crippen molar-refractivity contribution in [2.24, 2.45) is 5.41 Å². The molecule has 0 amide bonds. The number of hydrogen-bond donors (Lipinski definition) is 1. The molecule has 1 aliphatic carbocycles. The van der Waals surface area contributed by atoms with Crippen molar-refractivity contribution in [2.75, 3.05) is 6.54 Å². The third kappa shape index (κ3) is 4.97. The van der Waals surface area contributed by atoms with Gasteiger partial charge in [0.15, 0.2) is 0 Å². The summed E-state index contributed by atoms with van der Waals surface area (Å²) >= 11 is 0. The minimum Gasteiger partial charge on any atom is -0.459 e. The molecule has 3 heteroatoms. The highest BCUT2D eigenvalue weighted by molar-refractivity contribution is 5.72. The van der Waals surface area contributed by atoms with Crippen LogP contribution >= 0.6 is 0 Å². The first-order valence-electron chi connectivity index (χ1n) is 6.13. The summed E-state index contributed by atoms with van der Waals surface area (Å²) in [5.74, 6) is -0.155. The average molecular weight is 227 g/mol. The number of carbonyl (C=O) groups is 1. The first-order chi connectivity index (χ1) is 7.18. The lowest BCUT2D eigenvalue weighted by Gasteiger charge is -2.21. The maximum absolute atomic E-state index is 11.5. The van der Waals surface area contributed by atoms with Crippen molar-refractivity contribution in [1.82, 2.24) is 5.32 Å². The molecule has 1 unspecified atom stereocenters. The summed E-state index contributed by atoms with van der Waals surface area (Å²) in [5, 5.41) is 3.29. The van der Waals surface area contributed by atoms with E-state index in [1.165, 1.54) is 6.42 Å². The maximum atomic E-state index is 11.5. The predicted octanol–water partition coefficient (Wildman–Crippen LogP) is 2.50. The molecule has 1 aliphatic rings. The second kappa shape index (κ2) is 4.74. The molecule has 0 aromatic heterocycles. The molecule has 1 N–H and O–H groups in total. The highest BCUT2D eigenvalue weighted by atomic mass is 16.6. The SMILES string of the molecule is CC1(C)CCC(NCC(=O)OC(C)(C)C)C1. The van der Waals surface area contributed by atoms with Crippen molar-refractivity contribution in [3.05, 3.63) is 0 Å². The zero-order valence-corrected chi connectivity index (χ0v) is 11.2. The third-order valence-electron chi connectivity index (χ3n) is 2.92. The Hall–Kier alpha value is -0.570. The Morgan fingerprint density at radius 3 is 2.50 bits per heavy atom. The molecular weight excluding hydrogens is 202 g/mol. The van der Waals surface area contributed by atoms with E-state index in [1.54, 1.807) is 0 Å². The van der Waals surface area contributed by atoms with Gasteiger partial charge in [0, 0.05) is 6.04 Å². The van der Waals surface area contributed by atoms with Gasteiger partial charge in [-0.15, -0.1) is 0 Å². The molecule has 0 heterocycles. The Bertz CT molecular complexity index is 253. The first-order valence-corrected chi connectivity index (χ1v) is 6.13. The van der Waals surface area contributed by atoms with Crippen molar-refractivity contribution in [2.45, 2.75) is 65.5 Å². The van der Waals surface area contributed by atoms with Gasteiger partial charge < -0.3 is 10.1 Å². The second-order valence-corrected chi connectivity index (χ2v) is 6.57. The smallest absolute Gasteiger partial charge is 0.320 e. The van der Waals surface area contributed by atoms with Crippen LogP contribution in [0.1, 0.15) is 53.9 Å². The van der Waals surface area contributed by atoms with E-state index in [0.717, 1.165) is 12.8 Å². The highest BCUT2D eigenvalue weighted by Crippen LogP contribution is 2.36. The van der Waals surface area contributed by atoms with Crippen LogP contribution in [0.15, 0.2) is 0 Å². The molecule has 1 saturated carbocycles. The topological polar surface area (TPSA) is 38.3 Å². The monoisotopic (exact) mass is 227 g/mol. The summed E-state index contributed by atoms with van der Waals surface area (Å²) in [7, 11) is 0. The molecule has 0 aromatic carbocycles. The molecule has 1 atom stereocenters. The second-order valence-electron chi connectivity index (χ2n) is 6.57. The Morgan fingerprint density at radius 2 is 2.06 bits per heavy atom.